The lowest BCUT2D eigenvalue weighted by Crippen LogP contribution is -2.50. The molecule has 1 aliphatic rings. The van der Waals surface area contributed by atoms with E-state index in [0.717, 1.165) is 21.9 Å². The van der Waals surface area contributed by atoms with Gasteiger partial charge in [0.2, 0.25) is 10.0 Å². The van der Waals surface area contributed by atoms with Crippen molar-refractivity contribution in [1.82, 2.24) is 14.2 Å². The number of hydrogen-bond donors (Lipinski definition) is 0. The van der Waals surface area contributed by atoms with Crippen LogP contribution < -0.4 is 4.74 Å². The van der Waals surface area contributed by atoms with Crippen LogP contribution in [-0.4, -0.2) is 61.8 Å². The van der Waals surface area contributed by atoms with Crippen molar-refractivity contribution in [3.05, 3.63) is 89.7 Å². The van der Waals surface area contributed by atoms with Crippen molar-refractivity contribution in [2.45, 2.75) is 4.90 Å². The van der Waals surface area contributed by atoms with Gasteiger partial charge in [0, 0.05) is 54.7 Å². The molecule has 0 spiro atoms. The highest BCUT2D eigenvalue weighted by molar-refractivity contribution is 7.89. The second kappa shape index (κ2) is 11.1. The summed E-state index contributed by atoms with van der Waals surface area (Å²) in [5, 5.41) is 2.28. The fraction of sp³-hybridized carbons (Fsp3) is 0.185. The van der Waals surface area contributed by atoms with Crippen molar-refractivity contribution in [1.29, 1.82) is 0 Å². The van der Waals surface area contributed by atoms with Gasteiger partial charge in [-0.1, -0.05) is 23.7 Å². The van der Waals surface area contributed by atoms with E-state index in [1.807, 2.05) is 24.3 Å². The number of hydrogen-bond acceptors (Lipinski definition) is 5. The summed E-state index contributed by atoms with van der Waals surface area (Å²) in [4.78, 5) is 19.1. The van der Waals surface area contributed by atoms with Gasteiger partial charge in [-0.3, -0.25) is 9.78 Å². The smallest absolute Gasteiger partial charge is 0.254 e. The molecule has 0 N–H and O–H groups in total. The first-order chi connectivity index (χ1) is 17.4. The summed E-state index contributed by atoms with van der Waals surface area (Å²) in [7, 11) is -2.12. The number of methoxy groups -OCH3 is 1. The van der Waals surface area contributed by atoms with Crippen LogP contribution in [0.1, 0.15) is 10.4 Å². The maximum absolute atomic E-state index is 13.3. The number of ether oxygens (including phenoxy) is 1. The molecule has 0 saturated carbocycles. The van der Waals surface area contributed by atoms with E-state index in [1.165, 1.54) is 4.31 Å². The van der Waals surface area contributed by atoms with Crippen LogP contribution in [-0.2, 0) is 10.0 Å². The summed E-state index contributed by atoms with van der Waals surface area (Å²) in [5.74, 6) is 0.431. The molecule has 0 radical (unpaired) electrons. The monoisotopic (exact) mass is 557 g/mol. The minimum atomic E-state index is -3.69. The van der Waals surface area contributed by atoms with Crippen molar-refractivity contribution in [2.24, 2.45) is 0 Å². The van der Waals surface area contributed by atoms with Gasteiger partial charge in [0.1, 0.15) is 5.75 Å². The molecule has 1 fully saturated rings. The van der Waals surface area contributed by atoms with Crippen LogP contribution in [0.15, 0.2) is 84.0 Å². The van der Waals surface area contributed by atoms with Crippen molar-refractivity contribution >= 4 is 50.7 Å². The first-order valence-electron chi connectivity index (χ1n) is 11.4. The van der Waals surface area contributed by atoms with E-state index in [9.17, 15) is 13.2 Å². The highest BCUT2D eigenvalue weighted by atomic mass is 35.5. The van der Waals surface area contributed by atoms with Crippen molar-refractivity contribution in [3.63, 3.8) is 0 Å². The van der Waals surface area contributed by atoms with Gasteiger partial charge in [0.05, 0.1) is 12.0 Å². The van der Waals surface area contributed by atoms with Crippen molar-refractivity contribution in [3.8, 4) is 16.9 Å². The van der Waals surface area contributed by atoms with Crippen LogP contribution in [0.5, 0.6) is 5.75 Å². The number of fused-ring (bicyclic) bond motifs is 1. The maximum atomic E-state index is 13.3. The number of halogens is 2. The van der Waals surface area contributed by atoms with Gasteiger partial charge >= 0.3 is 0 Å². The van der Waals surface area contributed by atoms with Crippen molar-refractivity contribution < 1.29 is 17.9 Å². The number of amides is 1. The lowest BCUT2D eigenvalue weighted by molar-refractivity contribution is 0.0697. The number of pyridine rings is 1. The van der Waals surface area contributed by atoms with Gasteiger partial charge in [-0.05, 0) is 70.9 Å². The third-order valence-corrected chi connectivity index (χ3v) is 8.51. The Labute approximate surface area is 227 Å². The predicted octanol–water partition coefficient (Wildman–Crippen LogP) is 5.13. The molecule has 4 aromatic rings. The molecule has 7 nitrogen and oxygen atoms in total. The SMILES string of the molecule is COc1cc(C(=O)N2CCN(S(=O)(=O)c3ccc4cc(Cl)ccc4c3)CC2)ccc1-c1ccncc1.Cl. The Bertz CT molecular complexity index is 1540. The largest absolute Gasteiger partial charge is 0.496 e. The molecule has 0 unspecified atom stereocenters. The molecule has 1 aromatic heterocycles. The number of sulfonamides is 1. The van der Waals surface area contributed by atoms with Gasteiger partial charge in [0.15, 0.2) is 0 Å². The molecule has 5 rings (SSSR count). The Morgan fingerprint density at radius 1 is 0.892 bits per heavy atom. The van der Waals surface area contributed by atoms with Gasteiger partial charge < -0.3 is 9.64 Å². The predicted molar refractivity (Wildman–Crippen MR) is 147 cm³/mol. The van der Waals surface area contributed by atoms with Gasteiger partial charge in [-0.15, -0.1) is 12.4 Å². The molecule has 192 valence electrons. The number of carbonyl (C=O) groups is 1. The second-order valence-corrected chi connectivity index (χ2v) is 10.9. The molecule has 1 aliphatic heterocycles. The molecule has 1 amide bonds. The van der Waals surface area contributed by atoms with E-state index in [4.69, 9.17) is 16.3 Å². The third kappa shape index (κ3) is 5.43. The summed E-state index contributed by atoms with van der Waals surface area (Å²) >= 11 is 6.04. The van der Waals surface area contributed by atoms with E-state index in [2.05, 4.69) is 4.98 Å². The van der Waals surface area contributed by atoms with Crippen LogP contribution in [0, 0.1) is 0 Å². The van der Waals surface area contributed by atoms with E-state index in [-0.39, 0.29) is 36.3 Å². The van der Waals surface area contributed by atoms with Crippen molar-refractivity contribution in [2.75, 3.05) is 33.3 Å². The standard InChI is InChI=1S/C27H24ClN3O4S.ClH/c1-35-26-18-22(4-7-25(26)19-8-10-29-11-9-19)27(32)30-12-14-31(15-13-30)36(33,34)24-6-3-20-16-23(28)5-2-21(20)17-24;/h2-11,16-18H,12-15H2,1H3;1H. The zero-order valence-electron chi connectivity index (χ0n) is 20.0. The summed E-state index contributed by atoms with van der Waals surface area (Å²) in [6, 6.07) is 19.5. The van der Waals surface area contributed by atoms with E-state index >= 15 is 0 Å². The average Bonchev–Trinajstić information content (AvgIpc) is 2.92. The average molecular weight is 558 g/mol. The normalized spacial score (nSPS) is 14.3. The Hall–Kier alpha value is -3.17. The molecule has 37 heavy (non-hydrogen) atoms. The Morgan fingerprint density at radius 2 is 1.57 bits per heavy atom. The Kier molecular flexibility index (Phi) is 8.04. The van der Waals surface area contributed by atoms with Crippen LogP contribution in [0.4, 0.5) is 0 Å². The number of carbonyl (C=O) groups excluding carboxylic acids is 1. The number of aromatic nitrogens is 1. The quantitative estimate of drug-likeness (QED) is 0.339. The molecular formula is C27H25Cl2N3O4S. The summed E-state index contributed by atoms with van der Waals surface area (Å²) in [6.45, 7) is 1.04. The van der Waals surface area contributed by atoms with Crippen LogP contribution >= 0.6 is 24.0 Å². The Balaban J connectivity index is 0.00000320. The third-order valence-electron chi connectivity index (χ3n) is 6.38. The number of benzene rings is 3. The fourth-order valence-electron chi connectivity index (χ4n) is 4.41. The lowest BCUT2D eigenvalue weighted by atomic mass is 10.0. The summed E-state index contributed by atoms with van der Waals surface area (Å²) in [5.41, 5.74) is 2.30. The van der Waals surface area contributed by atoms with E-state index in [0.29, 0.717) is 29.4 Å². The zero-order chi connectivity index (χ0) is 25.3. The molecule has 0 aliphatic carbocycles. The molecule has 1 saturated heterocycles. The van der Waals surface area contributed by atoms with E-state index in [1.54, 1.807) is 66.9 Å². The van der Waals surface area contributed by atoms with Crippen LogP contribution in [0.25, 0.3) is 21.9 Å². The topological polar surface area (TPSA) is 79.8 Å². The number of piperazine rings is 1. The van der Waals surface area contributed by atoms with E-state index < -0.39 is 10.0 Å². The van der Waals surface area contributed by atoms with Gasteiger partial charge in [0.25, 0.3) is 5.91 Å². The molecule has 0 atom stereocenters. The lowest BCUT2D eigenvalue weighted by Gasteiger charge is -2.34. The molecule has 2 heterocycles. The molecule has 10 heteroatoms. The Morgan fingerprint density at radius 3 is 2.27 bits per heavy atom. The first-order valence-corrected chi connectivity index (χ1v) is 13.3. The second-order valence-electron chi connectivity index (χ2n) is 8.50. The van der Waals surface area contributed by atoms with Crippen LogP contribution in [0.2, 0.25) is 5.02 Å². The highest BCUT2D eigenvalue weighted by Crippen LogP contribution is 2.31. The first kappa shape index (κ1) is 26.9. The summed E-state index contributed by atoms with van der Waals surface area (Å²) < 4.78 is 33.5. The fourth-order valence-corrected chi connectivity index (χ4v) is 6.05. The summed E-state index contributed by atoms with van der Waals surface area (Å²) in [6.07, 6.45) is 3.41. The maximum Gasteiger partial charge on any atom is 0.254 e. The zero-order valence-corrected chi connectivity index (χ0v) is 22.4. The minimum absolute atomic E-state index is 0. The number of nitrogens with zero attached hydrogens (tertiary/aromatic N) is 3. The minimum Gasteiger partial charge on any atom is -0.496 e. The number of rotatable bonds is 5. The molecule has 0 bridgehead atoms. The van der Waals surface area contributed by atoms with Gasteiger partial charge in [-0.25, -0.2) is 8.42 Å². The highest BCUT2D eigenvalue weighted by Gasteiger charge is 2.31. The molecule has 3 aromatic carbocycles. The molecular weight excluding hydrogens is 533 g/mol. The van der Waals surface area contributed by atoms with Gasteiger partial charge in [-0.2, -0.15) is 4.31 Å². The van der Waals surface area contributed by atoms with Crippen LogP contribution in [0.3, 0.4) is 0 Å².